The summed E-state index contributed by atoms with van der Waals surface area (Å²) in [6.45, 7) is 7.79. The lowest BCUT2D eigenvalue weighted by Crippen LogP contribution is -2.22. The molecule has 1 aromatic heterocycles. The molecule has 2 aromatic carbocycles. The molecular weight excluding hydrogens is 480 g/mol. The molecule has 0 saturated carbocycles. The van der Waals surface area contributed by atoms with Crippen molar-refractivity contribution in [3.05, 3.63) is 79.8 Å². The van der Waals surface area contributed by atoms with Gasteiger partial charge in [-0.3, -0.25) is 0 Å². The van der Waals surface area contributed by atoms with Crippen LogP contribution < -0.4 is 5.32 Å². The third-order valence-corrected chi connectivity index (χ3v) is 5.90. The van der Waals surface area contributed by atoms with Crippen molar-refractivity contribution in [1.29, 1.82) is 5.26 Å². The summed E-state index contributed by atoms with van der Waals surface area (Å²) in [5.41, 5.74) is 4.46. The van der Waals surface area contributed by atoms with Gasteiger partial charge in [0.1, 0.15) is 0 Å². The Hall–Kier alpha value is -2.82. The number of halogens is 2. The highest BCUT2D eigenvalue weighted by molar-refractivity contribution is 9.10. The lowest BCUT2D eigenvalue weighted by Gasteiger charge is -2.27. The van der Waals surface area contributed by atoms with Crippen LogP contribution in [-0.4, -0.2) is 20.6 Å². The molecule has 1 unspecified atom stereocenters. The van der Waals surface area contributed by atoms with Crippen LogP contribution in [0.4, 0.5) is 5.69 Å². The Bertz CT molecular complexity index is 1200. The van der Waals surface area contributed by atoms with Crippen LogP contribution in [0.1, 0.15) is 64.4 Å². The van der Waals surface area contributed by atoms with Crippen molar-refractivity contribution in [3.63, 3.8) is 0 Å². The molecule has 3 aromatic rings. The molecule has 1 heterocycles. The molecule has 6 nitrogen and oxygen atoms in total. The molecule has 0 radical (unpaired) electrons. The van der Waals surface area contributed by atoms with Gasteiger partial charge >= 0.3 is 5.97 Å². The monoisotopic (exact) mass is 500 g/mol. The lowest BCUT2D eigenvalue weighted by atomic mass is 9.94. The summed E-state index contributed by atoms with van der Waals surface area (Å²) in [4.78, 5) is 16.4. The van der Waals surface area contributed by atoms with E-state index in [1.165, 1.54) is 0 Å². The van der Waals surface area contributed by atoms with Crippen LogP contribution in [0.3, 0.4) is 0 Å². The van der Waals surface area contributed by atoms with E-state index in [1.54, 1.807) is 12.1 Å². The lowest BCUT2D eigenvalue weighted by molar-refractivity contribution is 0.0689. The molecule has 3 rings (SSSR count). The Kier molecular flexibility index (Phi) is 6.73. The van der Waals surface area contributed by atoms with Gasteiger partial charge in [-0.15, -0.1) is 0 Å². The second-order valence-corrected chi connectivity index (χ2v) is 8.75. The summed E-state index contributed by atoms with van der Waals surface area (Å²) in [6, 6.07) is 12.5. The van der Waals surface area contributed by atoms with Crippen molar-refractivity contribution in [2.75, 3.05) is 5.32 Å². The molecule has 0 fully saturated rings. The first kappa shape index (κ1) is 22.9. The number of hydrogen-bond acceptors (Lipinski definition) is 4. The highest BCUT2D eigenvalue weighted by Crippen LogP contribution is 2.36. The molecule has 0 bridgehead atoms. The molecule has 0 saturated heterocycles. The van der Waals surface area contributed by atoms with Crippen molar-refractivity contribution in [2.45, 2.75) is 39.8 Å². The van der Waals surface area contributed by atoms with Crippen LogP contribution in [0.2, 0.25) is 5.02 Å². The first-order valence-corrected chi connectivity index (χ1v) is 10.8. The van der Waals surface area contributed by atoms with E-state index in [9.17, 15) is 15.2 Å². The predicted molar refractivity (Wildman–Crippen MR) is 125 cm³/mol. The number of aryl methyl sites for hydroxylation is 2. The van der Waals surface area contributed by atoms with Gasteiger partial charge in [0.05, 0.1) is 23.4 Å². The summed E-state index contributed by atoms with van der Waals surface area (Å²) < 4.78 is 2.30. The Labute approximate surface area is 194 Å². The average Bonchev–Trinajstić information content (AvgIpc) is 3.06. The number of nitrogens with one attached hydrogen (secondary N) is 1. The van der Waals surface area contributed by atoms with Gasteiger partial charge in [-0.25, -0.2) is 9.78 Å². The smallest absolute Gasteiger partial charge is 0.356 e. The minimum absolute atomic E-state index is 0.0403. The van der Waals surface area contributed by atoms with Crippen molar-refractivity contribution >= 4 is 39.2 Å². The molecule has 0 aliphatic carbocycles. The molecule has 0 amide bonds. The number of benzene rings is 2. The maximum atomic E-state index is 12.1. The number of nitrogens with zero attached hydrogens (tertiary/aromatic N) is 3. The number of nitriles is 1. The number of carboxylic acids is 1. The van der Waals surface area contributed by atoms with Gasteiger partial charge < -0.3 is 15.0 Å². The summed E-state index contributed by atoms with van der Waals surface area (Å²) >= 11 is 9.66. The van der Waals surface area contributed by atoms with Gasteiger partial charge in [0, 0.05) is 16.8 Å². The van der Waals surface area contributed by atoms with Crippen LogP contribution in [0, 0.1) is 25.2 Å². The molecule has 0 spiro atoms. The van der Waals surface area contributed by atoms with E-state index in [4.69, 9.17) is 11.6 Å². The molecule has 2 N–H and O–H groups in total. The topological polar surface area (TPSA) is 90.9 Å². The normalized spacial score (nSPS) is 11.9. The quantitative estimate of drug-likeness (QED) is 0.415. The van der Waals surface area contributed by atoms with E-state index < -0.39 is 12.0 Å². The largest absolute Gasteiger partial charge is 0.476 e. The fourth-order valence-electron chi connectivity index (χ4n) is 3.61. The minimum Gasteiger partial charge on any atom is -0.476 e. The van der Waals surface area contributed by atoms with Crippen LogP contribution in [0.5, 0.6) is 0 Å². The molecule has 1 atom stereocenters. The van der Waals surface area contributed by atoms with Gasteiger partial charge in [-0.1, -0.05) is 23.7 Å². The summed E-state index contributed by atoms with van der Waals surface area (Å²) in [7, 11) is 0. The highest BCUT2D eigenvalue weighted by atomic mass is 79.9. The van der Waals surface area contributed by atoms with E-state index >= 15 is 0 Å². The van der Waals surface area contributed by atoms with Gasteiger partial charge in [0.25, 0.3) is 0 Å². The molecule has 31 heavy (non-hydrogen) atoms. The third-order valence-electron chi connectivity index (χ3n) is 5.11. The number of hydrogen-bond donors (Lipinski definition) is 2. The molecule has 160 valence electrons. The number of anilines is 1. The Morgan fingerprint density at radius 2 is 1.94 bits per heavy atom. The summed E-state index contributed by atoms with van der Waals surface area (Å²) in [6.07, 6.45) is 0. The van der Waals surface area contributed by atoms with Crippen LogP contribution in [-0.2, 0) is 0 Å². The number of aromatic nitrogens is 2. The number of rotatable bonds is 6. The van der Waals surface area contributed by atoms with E-state index in [2.05, 4.69) is 32.3 Å². The van der Waals surface area contributed by atoms with Gasteiger partial charge in [0.2, 0.25) is 0 Å². The van der Waals surface area contributed by atoms with Gasteiger partial charge in [0.15, 0.2) is 10.4 Å². The average molecular weight is 502 g/mol. The first-order valence-electron chi connectivity index (χ1n) is 9.68. The fraction of sp³-hybridized carbons (Fsp3) is 0.261. The number of carboxylic acid groups (broad SMARTS) is 1. The molecular formula is C23H22BrClN4O2. The van der Waals surface area contributed by atoms with Crippen LogP contribution in [0.25, 0.3) is 0 Å². The standard InChI is InChI=1S/C23H22BrClN4O2/c1-12(2)29-21(20(22(30)31)28-23(29)24)19(17-8-6-15(11-26)9-14(17)4)27-18-10-16(25)7-5-13(18)3/h5-10,12,19,27H,1-4H3,(H,30,31). The zero-order valence-electron chi connectivity index (χ0n) is 17.6. The third kappa shape index (κ3) is 4.60. The molecule has 0 aliphatic heterocycles. The zero-order chi connectivity index (χ0) is 22.9. The first-order chi connectivity index (χ1) is 14.6. The maximum absolute atomic E-state index is 12.1. The van der Waals surface area contributed by atoms with Crippen molar-refractivity contribution in [2.24, 2.45) is 0 Å². The van der Waals surface area contributed by atoms with Crippen LogP contribution in [0.15, 0.2) is 41.1 Å². The van der Waals surface area contributed by atoms with Gasteiger partial charge in [-0.2, -0.15) is 5.26 Å². The highest BCUT2D eigenvalue weighted by Gasteiger charge is 2.31. The molecule has 0 aliphatic rings. The number of carbonyl (C=O) groups is 1. The Balaban J connectivity index is 2.31. The summed E-state index contributed by atoms with van der Waals surface area (Å²) in [5, 5.41) is 23.2. The number of imidazole rings is 1. The van der Waals surface area contributed by atoms with E-state index in [0.29, 0.717) is 21.0 Å². The minimum atomic E-state index is -1.11. The second kappa shape index (κ2) is 9.13. The fourth-order valence-corrected chi connectivity index (χ4v) is 4.56. The Morgan fingerprint density at radius 3 is 2.52 bits per heavy atom. The predicted octanol–water partition coefficient (Wildman–Crippen LogP) is 6.27. The SMILES string of the molecule is Cc1ccc(Cl)cc1NC(c1ccc(C#N)cc1C)c1c(C(=O)O)nc(Br)n1C(C)C. The van der Waals surface area contributed by atoms with Crippen molar-refractivity contribution < 1.29 is 9.90 Å². The van der Waals surface area contributed by atoms with E-state index in [1.807, 2.05) is 56.5 Å². The maximum Gasteiger partial charge on any atom is 0.356 e. The Morgan fingerprint density at radius 1 is 1.23 bits per heavy atom. The van der Waals surface area contributed by atoms with Crippen molar-refractivity contribution in [1.82, 2.24) is 9.55 Å². The van der Waals surface area contributed by atoms with Gasteiger partial charge in [-0.05, 0) is 84.6 Å². The summed E-state index contributed by atoms with van der Waals surface area (Å²) in [5.74, 6) is -1.11. The molecule has 8 heteroatoms. The van der Waals surface area contributed by atoms with E-state index in [-0.39, 0.29) is 11.7 Å². The van der Waals surface area contributed by atoms with Crippen LogP contribution >= 0.6 is 27.5 Å². The van der Waals surface area contributed by atoms with E-state index in [0.717, 1.165) is 22.4 Å². The van der Waals surface area contributed by atoms with Crippen molar-refractivity contribution in [3.8, 4) is 6.07 Å². The number of aromatic carboxylic acids is 1. The second-order valence-electron chi connectivity index (χ2n) is 7.60. The zero-order valence-corrected chi connectivity index (χ0v) is 19.9.